The van der Waals surface area contributed by atoms with Crippen LogP contribution in [0.3, 0.4) is 0 Å². The molecule has 0 radical (unpaired) electrons. The maximum atomic E-state index is 12.0. The zero-order chi connectivity index (χ0) is 36.2. The third kappa shape index (κ3) is 17.5. The van der Waals surface area contributed by atoms with E-state index in [0.29, 0.717) is 31.9 Å². The van der Waals surface area contributed by atoms with Gasteiger partial charge in [-0.25, -0.2) is 0 Å². The number of hydrogen-bond donors (Lipinski definition) is 7. The van der Waals surface area contributed by atoms with Crippen molar-refractivity contribution in [1.82, 2.24) is 19.6 Å². The third-order valence-electron chi connectivity index (χ3n) is 7.33. The van der Waals surface area contributed by atoms with Gasteiger partial charge in [-0.1, -0.05) is 19.1 Å². The van der Waals surface area contributed by atoms with Crippen molar-refractivity contribution in [3.63, 3.8) is 0 Å². The minimum Gasteiger partial charge on any atom is -0.494 e. The van der Waals surface area contributed by atoms with Crippen molar-refractivity contribution in [3.8, 4) is 5.75 Å². The van der Waals surface area contributed by atoms with Crippen LogP contribution in [0.1, 0.15) is 18.9 Å². The summed E-state index contributed by atoms with van der Waals surface area (Å²) in [5.74, 6) is -9.50. The van der Waals surface area contributed by atoms with Crippen LogP contribution in [0.5, 0.6) is 5.75 Å². The molecule has 0 aliphatic heterocycles. The number of aliphatic carboxylic acids is 6. The fraction of sp³-hybridized carbons (Fsp3) is 0.600. The molecule has 1 rings (SSSR count). The molecule has 0 fully saturated rings. The highest BCUT2D eigenvalue weighted by Crippen LogP contribution is 2.17. The lowest BCUT2D eigenvalue weighted by Crippen LogP contribution is -2.52. The maximum Gasteiger partial charge on any atom is 0.319 e. The Balaban J connectivity index is 3.43. The van der Waals surface area contributed by atoms with Gasteiger partial charge in [0.15, 0.2) is 5.92 Å². The Morgan fingerprint density at radius 1 is 0.688 bits per heavy atom. The van der Waals surface area contributed by atoms with E-state index in [9.17, 15) is 59.4 Å². The first kappa shape index (κ1) is 41.7. The molecule has 1 atom stereocenters. The molecule has 270 valence electrons. The lowest BCUT2D eigenvalue weighted by atomic mass is 10.0. The van der Waals surface area contributed by atoms with Crippen molar-refractivity contribution in [3.05, 3.63) is 29.8 Å². The Hall–Kier alpha value is -4.36. The summed E-state index contributed by atoms with van der Waals surface area (Å²) in [5.41, 5.74) is 6.24. The first-order chi connectivity index (χ1) is 22.6. The van der Waals surface area contributed by atoms with Crippen LogP contribution in [-0.2, 0) is 35.2 Å². The second kappa shape index (κ2) is 22.3. The van der Waals surface area contributed by atoms with E-state index in [-0.39, 0.29) is 45.7 Å². The number of nitrogens with two attached hydrogens (primary N) is 1. The molecule has 0 amide bonds. The maximum absolute atomic E-state index is 12.0. The highest BCUT2D eigenvalue weighted by atomic mass is 16.5. The fourth-order valence-electron chi connectivity index (χ4n) is 4.90. The number of nitrogens with zero attached hydrogens (tertiary/aromatic N) is 4. The van der Waals surface area contributed by atoms with Crippen LogP contribution in [0, 0.1) is 5.92 Å². The Morgan fingerprint density at radius 2 is 1.17 bits per heavy atom. The standard InChI is InChI=1S/C30H47N5O13/c1-2-32(17-25(36)37)9-10-33(18-26(38)39)15-22(14-21-4-6-23(7-5-21)48-13-3-8-31)35(20-28(42)43)12-11-34(19-27(40)41)16-24(29(44)45)30(46)47/h4-7,22,24H,2-3,8-20,31H2,1H3,(H,36,37)(H,38,39)(H,40,41)(H,42,43)(H,44,45)(H,46,47). The van der Waals surface area contributed by atoms with Gasteiger partial charge in [0.05, 0.1) is 32.8 Å². The Labute approximate surface area is 277 Å². The van der Waals surface area contributed by atoms with E-state index in [2.05, 4.69) is 0 Å². The molecule has 0 spiro atoms. The van der Waals surface area contributed by atoms with Crippen molar-refractivity contribution in [2.24, 2.45) is 11.7 Å². The van der Waals surface area contributed by atoms with Crippen LogP contribution in [0.4, 0.5) is 0 Å². The van der Waals surface area contributed by atoms with Crippen LogP contribution in [-0.4, -0.2) is 177 Å². The zero-order valence-electron chi connectivity index (χ0n) is 27.0. The summed E-state index contributed by atoms with van der Waals surface area (Å²) in [4.78, 5) is 75.4. The number of carbonyl (C=O) groups is 6. The number of benzene rings is 1. The molecule has 18 heteroatoms. The lowest BCUT2D eigenvalue weighted by Gasteiger charge is -2.36. The van der Waals surface area contributed by atoms with E-state index in [0.717, 1.165) is 10.5 Å². The summed E-state index contributed by atoms with van der Waals surface area (Å²) in [6.07, 6.45) is 0.846. The normalized spacial score (nSPS) is 12.1. The van der Waals surface area contributed by atoms with Crippen LogP contribution in [0.15, 0.2) is 24.3 Å². The molecule has 0 bridgehead atoms. The number of likely N-dealkylation sites (N-methyl/N-ethyl adjacent to an activating group) is 1. The van der Waals surface area contributed by atoms with Gasteiger partial charge < -0.3 is 41.1 Å². The molecule has 1 aromatic carbocycles. The molecule has 0 aliphatic carbocycles. The summed E-state index contributed by atoms with van der Waals surface area (Å²) in [6, 6.07) is 6.27. The molecule has 0 aromatic heterocycles. The van der Waals surface area contributed by atoms with Gasteiger partial charge in [-0.3, -0.25) is 48.4 Å². The largest absolute Gasteiger partial charge is 0.494 e. The number of hydrogen-bond acceptors (Lipinski definition) is 12. The first-order valence-corrected chi connectivity index (χ1v) is 15.3. The SMILES string of the molecule is CCN(CCN(CC(=O)O)CC(Cc1ccc(OCCCN)cc1)N(CCN(CC(=O)O)CC(C(=O)O)C(=O)O)CC(=O)O)CC(=O)O. The van der Waals surface area contributed by atoms with Crippen LogP contribution in [0.2, 0.25) is 0 Å². The van der Waals surface area contributed by atoms with E-state index in [1.165, 1.54) is 4.90 Å². The summed E-state index contributed by atoms with van der Waals surface area (Å²) in [5, 5.41) is 56.7. The molecule has 8 N–H and O–H groups in total. The molecule has 48 heavy (non-hydrogen) atoms. The van der Waals surface area contributed by atoms with E-state index in [1.807, 2.05) is 0 Å². The van der Waals surface area contributed by atoms with Gasteiger partial charge in [-0.2, -0.15) is 0 Å². The summed E-state index contributed by atoms with van der Waals surface area (Å²) in [6.45, 7) is 0.334. The molecule has 0 aliphatic rings. The molecule has 18 nitrogen and oxygen atoms in total. The number of ether oxygens (including phenoxy) is 1. The smallest absolute Gasteiger partial charge is 0.319 e. The number of carboxylic acid groups (broad SMARTS) is 6. The second-order valence-electron chi connectivity index (χ2n) is 11.1. The van der Waals surface area contributed by atoms with Crippen LogP contribution < -0.4 is 10.5 Å². The molecular formula is C30H47N5O13. The van der Waals surface area contributed by atoms with Gasteiger partial charge in [-0.05, 0) is 43.6 Å². The fourth-order valence-corrected chi connectivity index (χ4v) is 4.90. The van der Waals surface area contributed by atoms with Gasteiger partial charge in [-0.15, -0.1) is 0 Å². The Kier molecular flexibility index (Phi) is 19.3. The molecule has 1 unspecified atom stereocenters. The minimum absolute atomic E-state index is 0.00473. The minimum atomic E-state index is -1.93. The van der Waals surface area contributed by atoms with E-state index < -0.39 is 74.0 Å². The van der Waals surface area contributed by atoms with E-state index in [4.69, 9.17) is 10.5 Å². The molecule has 0 heterocycles. The predicted molar refractivity (Wildman–Crippen MR) is 169 cm³/mol. The van der Waals surface area contributed by atoms with E-state index in [1.54, 1.807) is 41.0 Å². The topological polar surface area (TPSA) is 272 Å². The van der Waals surface area contributed by atoms with E-state index >= 15 is 0 Å². The van der Waals surface area contributed by atoms with Crippen molar-refractivity contribution >= 4 is 35.8 Å². The second-order valence-corrected chi connectivity index (χ2v) is 11.1. The van der Waals surface area contributed by atoms with Crippen molar-refractivity contribution < 1.29 is 64.1 Å². The number of carboxylic acids is 6. The summed E-state index contributed by atoms with van der Waals surface area (Å²) < 4.78 is 5.64. The Bertz CT molecular complexity index is 1190. The Morgan fingerprint density at radius 3 is 1.65 bits per heavy atom. The van der Waals surface area contributed by atoms with Crippen LogP contribution in [0.25, 0.3) is 0 Å². The predicted octanol–water partition coefficient (Wildman–Crippen LogP) is -1.32. The van der Waals surface area contributed by atoms with Crippen molar-refractivity contribution in [1.29, 1.82) is 0 Å². The quantitative estimate of drug-likeness (QED) is 0.0398. The average Bonchev–Trinajstić information content (AvgIpc) is 2.99. The van der Waals surface area contributed by atoms with Gasteiger partial charge in [0.2, 0.25) is 0 Å². The monoisotopic (exact) mass is 685 g/mol. The third-order valence-corrected chi connectivity index (χ3v) is 7.33. The summed E-state index contributed by atoms with van der Waals surface area (Å²) >= 11 is 0. The molecule has 0 saturated carbocycles. The van der Waals surface area contributed by atoms with Gasteiger partial charge in [0, 0.05) is 45.3 Å². The van der Waals surface area contributed by atoms with Gasteiger partial charge in [0.25, 0.3) is 0 Å². The summed E-state index contributed by atoms with van der Waals surface area (Å²) in [7, 11) is 0. The van der Waals surface area contributed by atoms with Crippen molar-refractivity contribution in [2.75, 3.05) is 85.1 Å². The zero-order valence-corrected chi connectivity index (χ0v) is 27.0. The van der Waals surface area contributed by atoms with Gasteiger partial charge in [0.1, 0.15) is 5.75 Å². The highest BCUT2D eigenvalue weighted by Gasteiger charge is 2.31. The molecule has 0 saturated heterocycles. The molecule has 1 aromatic rings. The highest BCUT2D eigenvalue weighted by molar-refractivity contribution is 5.93. The average molecular weight is 686 g/mol. The molecular weight excluding hydrogens is 638 g/mol. The lowest BCUT2D eigenvalue weighted by molar-refractivity contribution is -0.156. The van der Waals surface area contributed by atoms with Gasteiger partial charge >= 0.3 is 35.8 Å². The number of rotatable bonds is 28. The van der Waals surface area contributed by atoms with Crippen LogP contribution >= 0.6 is 0 Å². The van der Waals surface area contributed by atoms with Crippen molar-refractivity contribution in [2.45, 2.75) is 25.8 Å². The first-order valence-electron chi connectivity index (χ1n) is 15.3.